The van der Waals surface area contributed by atoms with Crippen molar-refractivity contribution in [2.45, 2.75) is 13.0 Å². The summed E-state index contributed by atoms with van der Waals surface area (Å²) in [5.41, 5.74) is 0.892. The van der Waals surface area contributed by atoms with Crippen LogP contribution in [0.1, 0.15) is 16.8 Å². The molecule has 9 heteroatoms. The number of alkyl halides is 2. The Morgan fingerprint density at radius 1 is 1.12 bits per heavy atom. The van der Waals surface area contributed by atoms with Crippen LogP contribution in [-0.4, -0.2) is 33.2 Å². The maximum absolute atomic E-state index is 12.4. The normalized spacial score (nSPS) is 15.9. The van der Waals surface area contributed by atoms with Crippen LogP contribution in [-0.2, 0) is 10.0 Å². The minimum atomic E-state index is -3.28. The summed E-state index contributed by atoms with van der Waals surface area (Å²) in [5.74, 6) is -0.713. The van der Waals surface area contributed by atoms with Crippen molar-refractivity contribution in [1.82, 2.24) is 0 Å². The number of hydrogen-bond acceptors (Lipinski definition) is 4. The molecule has 26 heavy (non-hydrogen) atoms. The Kier molecular flexibility index (Phi) is 5.08. The number of carbonyl (C=O) groups excluding carboxylic acids is 1. The monoisotopic (exact) mass is 382 g/mol. The van der Waals surface area contributed by atoms with Crippen LogP contribution < -0.4 is 14.4 Å². The first-order valence-corrected chi connectivity index (χ1v) is 9.43. The van der Waals surface area contributed by atoms with Crippen LogP contribution in [0.25, 0.3) is 0 Å². The highest BCUT2D eigenvalue weighted by Gasteiger charge is 2.28. The zero-order valence-corrected chi connectivity index (χ0v) is 14.4. The number of nitrogens with zero attached hydrogens (tertiary/aromatic N) is 1. The van der Waals surface area contributed by atoms with E-state index in [-0.39, 0.29) is 17.1 Å². The van der Waals surface area contributed by atoms with Crippen molar-refractivity contribution in [2.24, 2.45) is 0 Å². The molecule has 2 aromatic carbocycles. The molecule has 0 saturated carbocycles. The molecule has 0 aromatic heterocycles. The smallest absolute Gasteiger partial charge is 0.387 e. The van der Waals surface area contributed by atoms with Crippen molar-refractivity contribution in [2.75, 3.05) is 21.9 Å². The fraction of sp³-hybridized carbons (Fsp3) is 0.235. The van der Waals surface area contributed by atoms with Gasteiger partial charge >= 0.3 is 6.61 Å². The van der Waals surface area contributed by atoms with Crippen LogP contribution in [0.15, 0.2) is 48.5 Å². The second-order valence-corrected chi connectivity index (χ2v) is 7.63. The number of sulfonamides is 1. The fourth-order valence-corrected chi connectivity index (χ4v) is 4.26. The van der Waals surface area contributed by atoms with Gasteiger partial charge in [0.05, 0.1) is 17.0 Å². The molecule has 1 saturated heterocycles. The van der Waals surface area contributed by atoms with Crippen LogP contribution in [0.2, 0.25) is 0 Å². The van der Waals surface area contributed by atoms with E-state index in [1.165, 1.54) is 28.6 Å². The maximum atomic E-state index is 12.4. The average molecular weight is 382 g/mol. The molecule has 1 aliphatic heterocycles. The zero-order chi connectivity index (χ0) is 18.7. The van der Waals surface area contributed by atoms with E-state index in [1.54, 1.807) is 24.3 Å². The van der Waals surface area contributed by atoms with Crippen LogP contribution in [0, 0.1) is 0 Å². The molecular weight excluding hydrogens is 366 g/mol. The van der Waals surface area contributed by atoms with E-state index in [2.05, 4.69) is 10.1 Å². The molecule has 1 amide bonds. The number of halogens is 2. The van der Waals surface area contributed by atoms with Gasteiger partial charge < -0.3 is 10.1 Å². The minimum absolute atomic E-state index is 0.0287. The van der Waals surface area contributed by atoms with Gasteiger partial charge in [-0.05, 0) is 42.8 Å². The van der Waals surface area contributed by atoms with Crippen molar-refractivity contribution in [3.8, 4) is 5.75 Å². The molecule has 6 nitrogen and oxygen atoms in total. The van der Waals surface area contributed by atoms with E-state index in [4.69, 9.17) is 0 Å². The second kappa shape index (κ2) is 7.28. The Hall–Kier alpha value is -2.68. The first kappa shape index (κ1) is 18.1. The Morgan fingerprint density at radius 2 is 1.81 bits per heavy atom. The van der Waals surface area contributed by atoms with Gasteiger partial charge in [-0.2, -0.15) is 8.78 Å². The Labute approximate surface area is 149 Å². The fourth-order valence-electron chi connectivity index (χ4n) is 2.69. The van der Waals surface area contributed by atoms with Crippen LogP contribution in [0.4, 0.5) is 20.2 Å². The number of benzene rings is 2. The standard InChI is InChI=1S/C17H16F2N2O4S/c18-17(19)25-15-5-2-1-4-14(15)16(22)20-12-6-8-13(9-7-12)21-10-3-11-26(21,23)24/h1-2,4-9,17H,3,10-11H2,(H,20,22). The average Bonchev–Trinajstić information content (AvgIpc) is 2.95. The summed E-state index contributed by atoms with van der Waals surface area (Å²) in [6.07, 6.45) is 0.571. The molecule has 1 heterocycles. The number of hydrogen-bond donors (Lipinski definition) is 1. The lowest BCUT2D eigenvalue weighted by molar-refractivity contribution is -0.0501. The molecule has 0 spiro atoms. The number of amides is 1. The van der Waals surface area contributed by atoms with Gasteiger partial charge in [0.1, 0.15) is 5.75 Å². The van der Waals surface area contributed by atoms with Gasteiger partial charge in [-0.15, -0.1) is 0 Å². The third kappa shape index (κ3) is 3.93. The van der Waals surface area contributed by atoms with E-state index >= 15 is 0 Å². The first-order valence-electron chi connectivity index (χ1n) is 7.82. The molecule has 3 rings (SSSR count). The molecule has 0 atom stereocenters. The molecule has 0 bridgehead atoms. The number of para-hydroxylation sites is 1. The van der Waals surface area contributed by atoms with Gasteiger partial charge in [0, 0.05) is 12.2 Å². The van der Waals surface area contributed by atoms with E-state index in [9.17, 15) is 22.0 Å². The number of ether oxygens (including phenoxy) is 1. The molecule has 1 aliphatic rings. The van der Waals surface area contributed by atoms with E-state index in [1.807, 2.05) is 0 Å². The van der Waals surface area contributed by atoms with E-state index in [0.717, 1.165) is 0 Å². The second-order valence-electron chi connectivity index (χ2n) is 5.62. The summed E-state index contributed by atoms with van der Waals surface area (Å²) in [6, 6.07) is 11.9. The highest BCUT2D eigenvalue weighted by atomic mass is 32.2. The molecule has 138 valence electrons. The van der Waals surface area contributed by atoms with Crippen LogP contribution in [0.5, 0.6) is 5.75 Å². The highest BCUT2D eigenvalue weighted by molar-refractivity contribution is 7.93. The summed E-state index contributed by atoms with van der Waals surface area (Å²) in [7, 11) is -3.28. The van der Waals surface area contributed by atoms with Crippen molar-refractivity contribution >= 4 is 27.3 Å². The van der Waals surface area contributed by atoms with Gasteiger partial charge in [0.2, 0.25) is 10.0 Å². The quantitative estimate of drug-likeness (QED) is 0.862. The predicted molar refractivity (Wildman–Crippen MR) is 93.2 cm³/mol. The first-order chi connectivity index (χ1) is 12.4. The third-order valence-corrected chi connectivity index (χ3v) is 5.73. The molecule has 0 radical (unpaired) electrons. The number of carbonyl (C=O) groups is 1. The SMILES string of the molecule is O=C(Nc1ccc(N2CCCS2(=O)=O)cc1)c1ccccc1OC(F)F. The van der Waals surface area contributed by atoms with Crippen LogP contribution in [0.3, 0.4) is 0 Å². The number of rotatable bonds is 5. The summed E-state index contributed by atoms with van der Waals surface area (Å²) < 4.78 is 54.4. The van der Waals surface area contributed by atoms with Gasteiger partial charge in [-0.1, -0.05) is 12.1 Å². The van der Waals surface area contributed by atoms with Crippen molar-refractivity contribution in [3.05, 3.63) is 54.1 Å². The molecule has 1 N–H and O–H groups in total. The molecule has 0 unspecified atom stereocenters. The lowest BCUT2D eigenvalue weighted by Crippen LogP contribution is -2.25. The summed E-state index contributed by atoms with van der Waals surface area (Å²) in [4.78, 5) is 12.3. The number of nitrogens with one attached hydrogen (secondary N) is 1. The highest BCUT2D eigenvalue weighted by Crippen LogP contribution is 2.26. The van der Waals surface area contributed by atoms with Crippen molar-refractivity contribution in [3.63, 3.8) is 0 Å². The number of anilines is 2. The maximum Gasteiger partial charge on any atom is 0.387 e. The Morgan fingerprint density at radius 3 is 2.42 bits per heavy atom. The lowest BCUT2D eigenvalue weighted by atomic mass is 10.2. The third-order valence-electron chi connectivity index (χ3n) is 3.86. The van der Waals surface area contributed by atoms with Gasteiger partial charge in [0.25, 0.3) is 5.91 Å². The molecule has 2 aromatic rings. The topological polar surface area (TPSA) is 75.7 Å². The summed E-state index contributed by atoms with van der Waals surface area (Å²) in [6.45, 7) is -2.61. The molecular formula is C17H16F2N2O4S. The minimum Gasteiger partial charge on any atom is -0.434 e. The predicted octanol–water partition coefficient (Wildman–Crippen LogP) is 3.08. The lowest BCUT2D eigenvalue weighted by Gasteiger charge is -2.17. The van der Waals surface area contributed by atoms with Crippen molar-refractivity contribution in [1.29, 1.82) is 0 Å². The van der Waals surface area contributed by atoms with Gasteiger partial charge in [-0.25, -0.2) is 8.42 Å². The largest absolute Gasteiger partial charge is 0.434 e. The summed E-state index contributed by atoms with van der Waals surface area (Å²) >= 11 is 0. The van der Waals surface area contributed by atoms with E-state index < -0.39 is 22.5 Å². The summed E-state index contributed by atoms with van der Waals surface area (Å²) in [5, 5.41) is 2.58. The van der Waals surface area contributed by atoms with Gasteiger partial charge in [0.15, 0.2) is 0 Å². The Balaban J connectivity index is 1.75. The van der Waals surface area contributed by atoms with Crippen LogP contribution >= 0.6 is 0 Å². The molecule has 1 fully saturated rings. The Bertz CT molecular complexity index is 901. The van der Waals surface area contributed by atoms with E-state index in [0.29, 0.717) is 24.3 Å². The zero-order valence-electron chi connectivity index (χ0n) is 13.6. The molecule has 0 aliphatic carbocycles. The van der Waals surface area contributed by atoms with Crippen molar-refractivity contribution < 1.29 is 26.7 Å². The van der Waals surface area contributed by atoms with Gasteiger partial charge in [-0.3, -0.25) is 9.10 Å².